The van der Waals surface area contributed by atoms with Gasteiger partial charge in [0.25, 0.3) is 5.91 Å². The summed E-state index contributed by atoms with van der Waals surface area (Å²) in [6.45, 7) is 0. The number of benzene rings is 3. The number of carbonyl (C=O) groups is 2. The summed E-state index contributed by atoms with van der Waals surface area (Å²) in [4.78, 5) is 25.9. The Balaban J connectivity index is 1.75. The number of carboxylic acids is 1. The molecule has 0 fully saturated rings. The zero-order valence-electron chi connectivity index (χ0n) is 14.6. The average Bonchev–Trinajstić information content (AvgIpc) is 2.71. The van der Waals surface area contributed by atoms with Gasteiger partial charge in [-0.25, -0.2) is 4.79 Å². The minimum atomic E-state index is -1.20. The zero-order chi connectivity index (χ0) is 19.9. The monoisotopic (exact) mass is 453 g/mol. The maximum atomic E-state index is 12.2. The molecule has 0 spiro atoms. The standard InChI is InChI=1S/C22H16BrNO3S/c23-18-8-4-5-9-20(18)28-17-12-10-15(11-13-17)14-19(22(26)27)24-21(25)16-6-2-1-3-7-16/h1-14H,(H,24,25)(H,26,27)/b19-14+. The molecule has 3 aromatic carbocycles. The van der Waals surface area contributed by atoms with Crippen molar-refractivity contribution in [3.63, 3.8) is 0 Å². The molecule has 0 atom stereocenters. The van der Waals surface area contributed by atoms with E-state index in [9.17, 15) is 14.7 Å². The van der Waals surface area contributed by atoms with Crippen molar-refractivity contribution in [2.24, 2.45) is 0 Å². The van der Waals surface area contributed by atoms with Gasteiger partial charge in [0, 0.05) is 19.8 Å². The maximum absolute atomic E-state index is 12.2. The summed E-state index contributed by atoms with van der Waals surface area (Å²) in [7, 11) is 0. The highest BCUT2D eigenvalue weighted by Gasteiger charge is 2.13. The van der Waals surface area contributed by atoms with Crippen LogP contribution in [0.5, 0.6) is 0 Å². The second-order valence-electron chi connectivity index (χ2n) is 5.78. The van der Waals surface area contributed by atoms with Gasteiger partial charge in [-0.1, -0.05) is 54.2 Å². The van der Waals surface area contributed by atoms with Gasteiger partial charge in [-0.3, -0.25) is 4.79 Å². The number of halogens is 1. The first-order valence-electron chi connectivity index (χ1n) is 8.37. The zero-order valence-corrected chi connectivity index (χ0v) is 17.0. The predicted molar refractivity (Wildman–Crippen MR) is 114 cm³/mol. The largest absolute Gasteiger partial charge is 0.477 e. The van der Waals surface area contributed by atoms with Gasteiger partial charge < -0.3 is 10.4 Å². The second kappa shape index (κ2) is 9.39. The van der Waals surface area contributed by atoms with Gasteiger partial charge >= 0.3 is 5.97 Å². The van der Waals surface area contributed by atoms with Crippen LogP contribution >= 0.6 is 27.7 Å². The molecule has 0 heterocycles. The first-order chi connectivity index (χ1) is 13.5. The van der Waals surface area contributed by atoms with Crippen LogP contribution in [0, 0.1) is 0 Å². The van der Waals surface area contributed by atoms with E-state index in [1.54, 1.807) is 42.1 Å². The summed E-state index contributed by atoms with van der Waals surface area (Å²) in [5.74, 6) is -1.66. The minimum Gasteiger partial charge on any atom is -0.477 e. The van der Waals surface area contributed by atoms with Crippen LogP contribution in [0.2, 0.25) is 0 Å². The van der Waals surface area contributed by atoms with Crippen molar-refractivity contribution >= 4 is 45.6 Å². The third-order valence-electron chi connectivity index (χ3n) is 3.77. The van der Waals surface area contributed by atoms with Gasteiger partial charge in [0.05, 0.1) is 0 Å². The van der Waals surface area contributed by atoms with E-state index in [2.05, 4.69) is 21.2 Å². The molecule has 0 aliphatic carbocycles. The van der Waals surface area contributed by atoms with Crippen LogP contribution in [-0.2, 0) is 4.79 Å². The first-order valence-corrected chi connectivity index (χ1v) is 9.98. The number of hydrogen-bond acceptors (Lipinski definition) is 3. The van der Waals surface area contributed by atoms with Crippen LogP contribution in [0.25, 0.3) is 6.08 Å². The molecule has 4 nitrogen and oxygen atoms in total. The lowest BCUT2D eigenvalue weighted by Gasteiger charge is -2.07. The molecule has 0 aliphatic heterocycles. The topological polar surface area (TPSA) is 66.4 Å². The Bertz CT molecular complexity index is 1020. The highest BCUT2D eigenvalue weighted by molar-refractivity contribution is 9.10. The molecule has 0 saturated heterocycles. The van der Waals surface area contributed by atoms with Gasteiger partial charge in [0.15, 0.2) is 0 Å². The van der Waals surface area contributed by atoms with E-state index in [0.29, 0.717) is 11.1 Å². The van der Waals surface area contributed by atoms with E-state index >= 15 is 0 Å². The SMILES string of the molecule is O=C(O)/C(=C\c1ccc(Sc2ccccc2Br)cc1)NC(=O)c1ccccc1. The van der Waals surface area contributed by atoms with E-state index in [1.165, 1.54) is 6.08 Å². The van der Waals surface area contributed by atoms with Crippen molar-refractivity contribution in [2.45, 2.75) is 9.79 Å². The number of nitrogens with one attached hydrogen (secondary N) is 1. The van der Waals surface area contributed by atoms with E-state index < -0.39 is 11.9 Å². The molecule has 0 saturated carbocycles. The Morgan fingerprint density at radius 1 is 0.893 bits per heavy atom. The van der Waals surface area contributed by atoms with Gasteiger partial charge in [0.2, 0.25) is 0 Å². The van der Waals surface area contributed by atoms with Crippen LogP contribution in [0.1, 0.15) is 15.9 Å². The quantitative estimate of drug-likeness (QED) is 0.486. The maximum Gasteiger partial charge on any atom is 0.352 e. The Hall–Kier alpha value is -2.83. The molecule has 3 rings (SSSR count). The van der Waals surface area contributed by atoms with Crippen molar-refractivity contribution in [1.82, 2.24) is 5.32 Å². The minimum absolute atomic E-state index is 0.181. The number of amides is 1. The van der Waals surface area contributed by atoms with Gasteiger partial charge in [-0.2, -0.15) is 0 Å². The summed E-state index contributed by atoms with van der Waals surface area (Å²) >= 11 is 5.13. The van der Waals surface area contributed by atoms with Crippen LogP contribution in [0.15, 0.2) is 98.8 Å². The summed E-state index contributed by atoms with van der Waals surface area (Å²) in [6.07, 6.45) is 1.44. The third-order valence-corrected chi connectivity index (χ3v) is 5.81. The molecular formula is C22H16BrNO3S. The molecule has 6 heteroatoms. The number of hydrogen-bond donors (Lipinski definition) is 2. The van der Waals surface area contributed by atoms with E-state index in [0.717, 1.165) is 14.3 Å². The van der Waals surface area contributed by atoms with E-state index in [4.69, 9.17) is 0 Å². The van der Waals surface area contributed by atoms with Gasteiger partial charge in [-0.15, -0.1) is 0 Å². The summed E-state index contributed by atoms with van der Waals surface area (Å²) < 4.78 is 1.01. The molecule has 0 bridgehead atoms. The Morgan fingerprint density at radius 2 is 1.54 bits per heavy atom. The molecular weight excluding hydrogens is 438 g/mol. The van der Waals surface area contributed by atoms with Crippen molar-refractivity contribution in [2.75, 3.05) is 0 Å². The van der Waals surface area contributed by atoms with E-state index in [1.807, 2.05) is 48.5 Å². The number of carboxylic acid groups (broad SMARTS) is 1. The van der Waals surface area contributed by atoms with Gasteiger partial charge in [0.1, 0.15) is 5.70 Å². The number of carbonyl (C=O) groups excluding carboxylic acids is 1. The Kier molecular flexibility index (Phi) is 6.68. The summed E-state index contributed by atoms with van der Waals surface area (Å²) in [5.41, 5.74) is 0.900. The number of rotatable bonds is 6. The average molecular weight is 454 g/mol. The lowest BCUT2D eigenvalue weighted by atomic mass is 10.1. The van der Waals surface area contributed by atoms with Crippen LogP contribution in [0.4, 0.5) is 0 Å². The molecule has 2 N–H and O–H groups in total. The summed E-state index contributed by atoms with van der Waals surface area (Å²) in [5, 5.41) is 11.9. The highest BCUT2D eigenvalue weighted by Crippen LogP contribution is 2.33. The molecule has 0 aliphatic rings. The Labute approximate surface area is 175 Å². The molecule has 140 valence electrons. The van der Waals surface area contributed by atoms with Crippen molar-refractivity contribution in [1.29, 1.82) is 0 Å². The van der Waals surface area contributed by atoms with Crippen molar-refractivity contribution in [3.05, 3.63) is 100 Å². The number of aliphatic carboxylic acids is 1. The Morgan fingerprint density at radius 3 is 2.18 bits per heavy atom. The predicted octanol–water partition coefficient (Wildman–Crippen LogP) is 5.46. The smallest absolute Gasteiger partial charge is 0.352 e. The second-order valence-corrected chi connectivity index (χ2v) is 7.75. The summed E-state index contributed by atoms with van der Waals surface area (Å²) in [6, 6.07) is 23.9. The van der Waals surface area contributed by atoms with Gasteiger partial charge in [-0.05, 0) is 64.0 Å². The van der Waals surface area contributed by atoms with Crippen LogP contribution in [-0.4, -0.2) is 17.0 Å². The highest BCUT2D eigenvalue weighted by atomic mass is 79.9. The van der Waals surface area contributed by atoms with E-state index in [-0.39, 0.29) is 5.70 Å². The van der Waals surface area contributed by atoms with Crippen LogP contribution in [0.3, 0.4) is 0 Å². The fourth-order valence-corrected chi connectivity index (χ4v) is 3.75. The fourth-order valence-electron chi connectivity index (χ4n) is 2.39. The van der Waals surface area contributed by atoms with Crippen LogP contribution < -0.4 is 5.32 Å². The first kappa shape index (κ1) is 19.9. The molecule has 0 unspecified atom stereocenters. The normalized spacial score (nSPS) is 11.1. The molecule has 1 amide bonds. The molecule has 0 aromatic heterocycles. The van der Waals surface area contributed by atoms with Crippen molar-refractivity contribution < 1.29 is 14.7 Å². The lowest BCUT2D eigenvalue weighted by Crippen LogP contribution is -2.27. The van der Waals surface area contributed by atoms with Crippen molar-refractivity contribution in [3.8, 4) is 0 Å². The lowest BCUT2D eigenvalue weighted by molar-refractivity contribution is -0.132. The molecule has 0 radical (unpaired) electrons. The molecule has 3 aromatic rings. The molecule has 28 heavy (non-hydrogen) atoms. The third kappa shape index (κ3) is 5.34. The fraction of sp³-hybridized carbons (Fsp3) is 0.